The van der Waals surface area contributed by atoms with Gasteiger partial charge in [0.2, 0.25) is 0 Å². The van der Waals surface area contributed by atoms with Crippen LogP contribution in [0.2, 0.25) is 0 Å². The normalized spacial score (nSPS) is 13.6. The molecule has 0 aliphatic rings. The second-order valence-electron chi connectivity index (χ2n) is 17.0. The number of carbonyl (C=O) groups is 3. The van der Waals surface area contributed by atoms with E-state index in [1.807, 2.05) is 12.2 Å². The molecule has 0 bridgehead atoms. The van der Waals surface area contributed by atoms with Crippen LogP contribution >= 0.6 is 0 Å². The molecule has 392 valence electrons. The highest BCUT2D eigenvalue weighted by Gasteiger charge is 2.19. The maximum absolute atomic E-state index is 12.8. The number of ether oxygens (including phenoxy) is 3. The van der Waals surface area contributed by atoms with Crippen LogP contribution in [-0.4, -0.2) is 37.2 Å². The van der Waals surface area contributed by atoms with Crippen molar-refractivity contribution >= 4 is 17.9 Å². The first kappa shape index (κ1) is 65.5. The molecule has 0 radical (unpaired) electrons. The van der Waals surface area contributed by atoms with E-state index in [1.165, 1.54) is 25.7 Å². The Morgan fingerprint density at radius 3 is 0.859 bits per heavy atom. The zero-order chi connectivity index (χ0) is 51.4. The summed E-state index contributed by atoms with van der Waals surface area (Å²) < 4.78 is 16.6. The van der Waals surface area contributed by atoms with Crippen LogP contribution in [0.5, 0.6) is 0 Å². The van der Waals surface area contributed by atoms with Crippen LogP contribution in [0.3, 0.4) is 0 Å². The van der Waals surface area contributed by atoms with Gasteiger partial charge in [-0.2, -0.15) is 0 Å². The third kappa shape index (κ3) is 55.3. The second-order valence-corrected chi connectivity index (χ2v) is 17.0. The minimum Gasteiger partial charge on any atom is -0.462 e. The summed E-state index contributed by atoms with van der Waals surface area (Å²) in [6.45, 7) is 6.19. The minimum absolute atomic E-state index is 0.165. The zero-order valence-corrected chi connectivity index (χ0v) is 44.6. The van der Waals surface area contributed by atoms with E-state index >= 15 is 0 Å². The molecule has 6 heteroatoms. The molecule has 0 unspecified atom stereocenters. The fraction of sp³-hybridized carbons (Fsp3) is 0.492. The Morgan fingerprint density at radius 2 is 0.563 bits per heavy atom. The van der Waals surface area contributed by atoms with Crippen molar-refractivity contribution in [2.24, 2.45) is 0 Å². The van der Waals surface area contributed by atoms with Gasteiger partial charge in [0.1, 0.15) is 13.2 Å². The van der Waals surface area contributed by atoms with Gasteiger partial charge in [-0.15, -0.1) is 0 Å². The number of rotatable bonds is 46. The Balaban J connectivity index is 4.73. The molecule has 0 spiro atoms. The van der Waals surface area contributed by atoms with Gasteiger partial charge < -0.3 is 14.2 Å². The standard InChI is InChI=1S/C65H96O6/c1-4-7-10-13-16-19-22-25-28-31-32-35-38-41-44-47-50-53-56-59-65(68)71-62(60-69-63(66)57-54-51-48-45-42-39-36-33-29-26-23-20-17-14-11-8-5-2)61-70-64(67)58-55-52-49-46-43-40-37-34-30-27-24-21-18-15-12-9-6-3/h7-8,10-11,16-21,25-30,32,35-37,39-41,44-46,48-50,53,62H,4-6,9,12-15,22-24,31,33-34,38,42-43,47,51-52,54-61H2,1-3H3/b10-7-,11-8-,19-16-,20-17-,21-18-,28-25-,29-26-,30-27-,35-32-,39-36-,40-37-,44-41-,48-45-,49-46-,53-50-/t62-/m1/s1. The van der Waals surface area contributed by atoms with Gasteiger partial charge in [0.25, 0.3) is 0 Å². The van der Waals surface area contributed by atoms with Crippen molar-refractivity contribution in [2.75, 3.05) is 13.2 Å². The van der Waals surface area contributed by atoms with Gasteiger partial charge in [-0.1, -0.05) is 216 Å². The highest BCUT2D eigenvalue weighted by molar-refractivity contribution is 5.71. The number of carbonyl (C=O) groups excluding carboxylic acids is 3. The average Bonchev–Trinajstić information content (AvgIpc) is 3.37. The summed E-state index contributed by atoms with van der Waals surface area (Å²) in [6, 6.07) is 0. The lowest BCUT2D eigenvalue weighted by Crippen LogP contribution is -2.30. The predicted molar refractivity (Wildman–Crippen MR) is 306 cm³/mol. The number of unbranched alkanes of at least 4 members (excludes halogenated alkanes) is 5. The summed E-state index contributed by atoms with van der Waals surface area (Å²) >= 11 is 0. The molecule has 6 nitrogen and oxygen atoms in total. The lowest BCUT2D eigenvalue weighted by molar-refractivity contribution is -0.166. The smallest absolute Gasteiger partial charge is 0.306 e. The molecule has 0 heterocycles. The third-order valence-corrected chi connectivity index (χ3v) is 10.4. The molecular formula is C65H96O6. The summed E-state index contributed by atoms with van der Waals surface area (Å²) in [5.41, 5.74) is 0. The first-order valence-corrected chi connectivity index (χ1v) is 27.3. The zero-order valence-electron chi connectivity index (χ0n) is 44.6. The van der Waals surface area contributed by atoms with Gasteiger partial charge in [-0.25, -0.2) is 0 Å². The van der Waals surface area contributed by atoms with Gasteiger partial charge in [0.15, 0.2) is 6.10 Å². The fourth-order valence-electron chi connectivity index (χ4n) is 6.38. The quantitative estimate of drug-likeness (QED) is 0.0262. The van der Waals surface area contributed by atoms with Gasteiger partial charge in [-0.3, -0.25) is 14.4 Å². The average molecular weight is 973 g/mol. The summed E-state index contributed by atoms with van der Waals surface area (Å²) in [5.74, 6) is -1.18. The number of hydrogen-bond acceptors (Lipinski definition) is 6. The van der Waals surface area contributed by atoms with Crippen molar-refractivity contribution in [3.63, 3.8) is 0 Å². The fourth-order valence-corrected chi connectivity index (χ4v) is 6.38. The van der Waals surface area contributed by atoms with Crippen molar-refractivity contribution in [2.45, 2.75) is 194 Å². The van der Waals surface area contributed by atoms with Crippen molar-refractivity contribution in [3.05, 3.63) is 182 Å². The minimum atomic E-state index is -0.875. The summed E-state index contributed by atoms with van der Waals surface area (Å²) in [6.07, 6.45) is 86.1. The van der Waals surface area contributed by atoms with Crippen molar-refractivity contribution < 1.29 is 28.6 Å². The van der Waals surface area contributed by atoms with Gasteiger partial charge >= 0.3 is 17.9 Å². The van der Waals surface area contributed by atoms with E-state index in [0.29, 0.717) is 19.3 Å². The summed E-state index contributed by atoms with van der Waals surface area (Å²) in [4.78, 5) is 38.0. The molecule has 71 heavy (non-hydrogen) atoms. The molecule has 0 aromatic heterocycles. The molecule has 0 fully saturated rings. The lowest BCUT2D eigenvalue weighted by Gasteiger charge is -2.18. The van der Waals surface area contributed by atoms with Crippen LogP contribution < -0.4 is 0 Å². The highest BCUT2D eigenvalue weighted by Crippen LogP contribution is 2.08. The Labute approximate surface area is 434 Å². The Kier molecular flexibility index (Phi) is 52.7. The maximum Gasteiger partial charge on any atom is 0.306 e. The first-order chi connectivity index (χ1) is 35.0. The van der Waals surface area contributed by atoms with Crippen LogP contribution in [0, 0.1) is 0 Å². The van der Waals surface area contributed by atoms with Crippen LogP contribution in [0.15, 0.2) is 182 Å². The molecular weight excluding hydrogens is 877 g/mol. The lowest BCUT2D eigenvalue weighted by atomic mass is 10.2. The molecule has 0 amide bonds. The van der Waals surface area contributed by atoms with Gasteiger partial charge in [-0.05, 0) is 135 Å². The summed E-state index contributed by atoms with van der Waals surface area (Å²) in [7, 11) is 0. The predicted octanol–water partition coefficient (Wildman–Crippen LogP) is 18.5. The number of hydrogen-bond donors (Lipinski definition) is 0. The molecule has 0 N–H and O–H groups in total. The van der Waals surface area contributed by atoms with E-state index < -0.39 is 12.1 Å². The highest BCUT2D eigenvalue weighted by atomic mass is 16.6. The van der Waals surface area contributed by atoms with Crippen LogP contribution in [0.25, 0.3) is 0 Å². The molecule has 1 atom stereocenters. The van der Waals surface area contributed by atoms with E-state index in [9.17, 15) is 14.4 Å². The largest absolute Gasteiger partial charge is 0.462 e. The monoisotopic (exact) mass is 973 g/mol. The Bertz CT molecular complexity index is 1730. The van der Waals surface area contributed by atoms with Crippen LogP contribution in [-0.2, 0) is 28.6 Å². The maximum atomic E-state index is 12.8. The second kappa shape index (κ2) is 57.1. The van der Waals surface area contributed by atoms with E-state index in [-0.39, 0.29) is 44.4 Å². The van der Waals surface area contributed by atoms with Crippen molar-refractivity contribution in [1.29, 1.82) is 0 Å². The van der Waals surface area contributed by atoms with Crippen LogP contribution in [0.4, 0.5) is 0 Å². The van der Waals surface area contributed by atoms with Gasteiger partial charge in [0.05, 0.1) is 0 Å². The third-order valence-electron chi connectivity index (χ3n) is 10.4. The number of allylic oxidation sites excluding steroid dienone is 30. The molecule has 0 aliphatic carbocycles. The topological polar surface area (TPSA) is 78.9 Å². The molecule has 0 aromatic rings. The molecule has 0 aliphatic heterocycles. The summed E-state index contributed by atoms with van der Waals surface area (Å²) in [5, 5.41) is 0. The van der Waals surface area contributed by atoms with E-state index in [1.54, 1.807) is 0 Å². The molecule has 0 saturated carbocycles. The number of esters is 3. The van der Waals surface area contributed by atoms with Gasteiger partial charge in [0, 0.05) is 19.3 Å². The molecule has 0 saturated heterocycles. The van der Waals surface area contributed by atoms with E-state index in [0.717, 1.165) is 103 Å². The molecule has 0 aromatic carbocycles. The van der Waals surface area contributed by atoms with Crippen LogP contribution in [0.1, 0.15) is 188 Å². The van der Waals surface area contributed by atoms with E-state index in [4.69, 9.17) is 14.2 Å². The Morgan fingerprint density at radius 1 is 0.296 bits per heavy atom. The van der Waals surface area contributed by atoms with E-state index in [2.05, 4.69) is 191 Å². The SMILES string of the molecule is CC/C=C\C/C=C\C/C=C\C/C=C\C/C=C\C/C=C\CCC(=O)O[C@H](COC(=O)CCC/C=C\C/C=C\C/C=C\C/C=C\C/C=C\CC)COC(=O)CCC/C=C\C/C=C\C/C=C\C/C=C\CCCCC. The van der Waals surface area contributed by atoms with Crippen molar-refractivity contribution in [1.82, 2.24) is 0 Å². The first-order valence-electron chi connectivity index (χ1n) is 27.3. The Hall–Kier alpha value is -5.49. The molecule has 0 rings (SSSR count). The van der Waals surface area contributed by atoms with Crippen molar-refractivity contribution in [3.8, 4) is 0 Å².